The molecular formula is C9H7Cl3N2O2. The maximum atomic E-state index is 11.6. The molecule has 0 bridgehead atoms. The molecule has 0 aliphatic rings. The predicted octanol–water partition coefficient (Wildman–Crippen LogP) is 2.84. The number of benzene rings is 1. The summed E-state index contributed by atoms with van der Waals surface area (Å²) in [5.74, 6) is -0.450. The zero-order chi connectivity index (χ0) is 12.1. The fourth-order valence-electron chi connectivity index (χ4n) is 0.996. The van der Waals surface area contributed by atoms with Crippen molar-refractivity contribution in [3.05, 3.63) is 32.8 Å². The molecular weight excluding hydrogens is 274 g/mol. The first-order valence-corrected chi connectivity index (χ1v) is 5.28. The molecule has 0 radical (unpaired) electrons. The van der Waals surface area contributed by atoms with Gasteiger partial charge < -0.3 is 10.5 Å². The molecule has 1 amide bonds. The van der Waals surface area contributed by atoms with Gasteiger partial charge in [-0.05, 0) is 12.1 Å². The fourth-order valence-corrected chi connectivity index (χ4v) is 1.68. The molecule has 1 aromatic carbocycles. The summed E-state index contributed by atoms with van der Waals surface area (Å²) < 4.78 is 0. The molecule has 0 saturated carbocycles. The summed E-state index contributed by atoms with van der Waals surface area (Å²) in [5.41, 5.74) is 0.172. The maximum absolute atomic E-state index is 11.6. The number of nitrogens with zero attached hydrogens (tertiary/aromatic N) is 1. The highest BCUT2D eigenvalue weighted by Gasteiger charge is 2.13. The zero-order valence-corrected chi connectivity index (χ0v) is 10.1. The van der Waals surface area contributed by atoms with Crippen LogP contribution in [0.25, 0.3) is 0 Å². The quantitative estimate of drug-likeness (QED) is 0.387. The first kappa shape index (κ1) is 13.1. The Balaban J connectivity index is 2.90. The second kappa shape index (κ2) is 5.94. The molecule has 0 unspecified atom stereocenters. The Bertz CT molecular complexity index is 435. The number of oxime groups is 1. The minimum Gasteiger partial charge on any atom is -0.411 e. The van der Waals surface area contributed by atoms with E-state index in [4.69, 9.17) is 40.0 Å². The first-order chi connectivity index (χ1) is 7.56. The van der Waals surface area contributed by atoms with Crippen molar-refractivity contribution in [1.29, 1.82) is 0 Å². The Hall–Kier alpha value is -0.970. The van der Waals surface area contributed by atoms with Crippen molar-refractivity contribution >= 4 is 46.9 Å². The minimum atomic E-state index is -0.450. The summed E-state index contributed by atoms with van der Waals surface area (Å²) >= 11 is 17.3. The fraction of sp³-hybridized carbons (Fsp3) is 0.111. The van der Waals surface area contributed by atoms with Gasteiger partial charge in [-0.3, -0.25) is 4.79 Å². The summed E-state index contributed by atoms with van der Waals surface area (Å²) in [6.07, 6.45) is 1.12. The highest BCUT2D eigenvalue weighted by atomic mass is 35.5. The number of halogens is 3. The lowest BCUT2D eigenvalue weighted by Crippen LogP contribution is -2.25. The predicted molar refractivity (Wildman–Crippen MR) is 64.1 cm³/mol. The Kier molecular flexibility index (Phi) is 4.86. The largest absolute Gasteiger partial charge is 0.411 e. The highest BCUT2D eigenvalue weighted by molar-refractivity contribution is 6.45. The summed E-state index contributed by atoms with van der Waals surface area (Å²) in [7, 11) is 0. The molecule has 2 N–H and O–H groups in total. The lowest BCUT2D eigenvalue weighted by Gasteiger charge is -2.06. The second-order valence-electron chi connectivity index (χ2n) is 2.76. The third-order valence-corrected chi connectivity index (χ3v) is 2.69. The van der Waals surface area contributed by atoms with Crippen molar-refractivity contribution in [3.63, 3.8) is 0 Å². The van der Waals surface area contributed by atoms with Gasteiger partial charge >= 0.3 is 0 Å². The molecule has 0 saturated heterocycles. The van der Waals surface area contributed by atoms with Gasteiger partial charge in [0.1, 0.15) is 0 Å². The lowest BCUT2D eigenvalue weighted by molar-refractivity contribution is 0.0959. The number of nitrogens with one attached hydrogen (secondary N) is 1. The van der Waals surface area contributed by atoms with Crippen LogP contribution in [0.5, 0.6) is 0 Å². The van der Waals surface area contributed by atoms with Gasteiger partial charge in [-0.15, -0.1) is 5.16 Å². The molecule has 0 aliphatic heterocycles. The zero-order valence-electron chi connectivity index (χ0n) is 7.88. The van der Waals surface area contributed by atoms with E-state index in [-0.39, 0.29) is 22.2 Å². The standard InChI is InChI=1S/C9H7Cl3N2O2/c10-5-3-6(8(12)7(11)4-5)9(15)13-1-2-14-16/h2-4,16H,1H2,(H,13,15)/b14-2+. The van der Waals surface area contributed by atoms with Gasteiger partial charge in [0.15, 0.2) is 0 Å². The molecule has 0 heterocycles. The number of carbonyl (C=O) groups excluding carboxylic acids is 1. The van der Waals surface area contributed by atoms with E-state index in [0.717, 1.165) is 6.21 Å². The molecule has 0 aliphatic carbocycles. The van der Waals surface area contributed by atoms with Gasteiger partial charge in [0.2, 0.25) is 0 Å². The Morgan fingerprint density at radius 2 is 2.12 bits per heavy atom. The van der Waals surface area contributed by atoms with E-state index in [0.29, 0.717) is 5.02 Å². The maximum Gasteiger partial charge on any atom is 0.253 e. The van der Waals surface area contributed by atoms with Crippen LogP contribution in [0.1, 0.15) is 10.4 Å². The summed E-state index contributed by atoms with van der Waals surface area (Å²) in [5, 5.41) is 14.0. The SMILES string of the molecule is O=C(NC/C=N/O)c1cc(Cl)cc(Cl)c1Cl. The van der Waals surface area contributed by atoms with Crippen molar-refractivity contribution in [2.45, 2.75) is 0 Å². The van der Waals surface area contributed by atoms with Crippen molar-refractivity contribution in [2.75, 3.05) is 6.54 Å². The monoisotopic (exact) mass is 280 g/mol. The van der Waals surface area contributed by atoms with Crippen LogP contribution in [0, 0.1) is 0 Å². The second-order valence-corrected chi connectivity index (χ2v) is 3.98. The van der Waals surface area contributed by atoms with Crippen molar-refractivity contribution in [2.24, 2.45) is 5.16 Å². The number of rotatable bonds is 3. The van der Waals surface area contributed by atoms with Crippen molar-refractivity contribution < 1.29 is 10.0 Å². The van der Waals surface area contributed by atoms with Gasteiger partial charge in [0.25, 0.3) is 5.91 Å². The Morgan fingerprint density at radius 1 is 1.44 bits per heavy atom. The molecule has 0 aromatic heterocycles. The normalized spacial score (nSPS) is 10.7. The van der Waals surface area contributed by atoms with Gasteiger partial charge in [-0.25, -0.2) is 0 Å². The lowest BCUT2D eigenvalue weighted by atomic mass is 10.2. The number of hydrogen-bond donors (Lipinski definition) is 2. The van der Waals surface area contributed by atoms with Crippen LogP contribution in [-0.2, 0) is 0 Å². The first-order valence-electron chi connectivity index (χ1n) is 4.15. The van der Waals surface area contributed by atoms with Crippen LogP contribution in [0.4, 0.5) is 0 Å². The number of carbonyl (C=O) groups is 1. The van der Waals surface area contributed by atoms with E-state index >= 15 is 0 Å². The number of amides is 1. The van der Waals surface area contributed by atoms with Crippen LogP contribution in [0.15, 0.2) is 17.3 Å². The van der Waals surface area contributed by atoms with Crippen LogP contribution in [0.3, 0.4) is 0 Å². The van der Waals surface area contributed by atoms with E-state index in [1.165, 1.54) is 12.1 Å². The third kappa shape index (κ3) is 3.27. The molecule has 0 spiro atoms. The minimum absolute atomic E-state index is 0.0792. The van der Waals surface area contributed by atoms with E-state index in [9.17, 15) is 4.79 Å². The van der Waals surface area contributed by atoms with Gasteiger partial charge in [0.05, 0.1) is 28.4 Å². The van der Waals surface area contributed by atoms with Crippen molar-refractivity contribution in [3.8, 4) is 0 Å². The molecule has 7 heteroatoms. The number of hydrogen-bond acceptors (Lipinski definition) is 3. The highest BCUT2D eigenvalue weighted by Crippen LogP contribution is 2.29. The Labute approximate surface area is 107 Å². The molecule has 86 valence electrons. The smallest absolute Gasteiger partial charge is 0.253 e. The van der Waals surface area contributed by atoms with Crippen LogP contribution >= 0.6 is 34.8 Å². The average molecular weight is 282 g/mol. The van der Waals surface area contributed by atoms with E-state index in [1.54, 1.807) is 0 Å². The van der Waals surface area contributed by atoms with E-state index in [1.807, 2.05) is 0 Å². The topological polar surface area (TPSA) is 61.7 Å². The van der Waals surface area contributed by atoms with Crippen LogP contribution in [-0.4, -0.2) is 23.9 Å². The Morgan fingerprint density at radius 3 is 2.75 bits per heavy atom. The van der Waals surface area contributed by atoms with Crippen LogP contribution in [0.2, 0.25) is 15.1 Å². The summed E-state index contributed by atoms with van der Waals surface area (Å²) in [4.78, 5) is 11.6. The summed E-state index contributed by atoms with van der Waals surface area (Å²) in [6.45, 7) is 0.0792. The van der Waals surface area contributed by atoms with Gasteiger partial charge in [0, 0.05) is 5.02 Å². The molecule has 1 aromatic rings. The van der Waals surface area contributed by atoms with Gasteiger partial charge in [-0.1, -0.05) is 34.8 Å². The van der Waals surface area contributed by atoms with Gasteiger partial charge in [-0.2, -0.15) is 0 Å². The molecule has 0 atom stereocenters. The van der Waals surface area contributed by atoms with Crippen LogP contribution < -0.4 is 5.32 Å². The average Bonchev–Trinajstić information content (AvgIpc) is 2.23. The molecule has 16 heavy (non-hydrogen) atoms. The molecule has 0 fully saturated rings. The van der Waals surface area contributed by atoms with E-state index < -0.39 is 5.91 Å². The molecule has 4 nitrogen and oxygen atoms in total. The van der Waals surface area contributed by atoms with E-state index in [2.05, 4.69) is 10.5 Å². The summed E-state index contributed by atoms with van der Waals surface area (Å²) in [6, 6.07) is 2.85. The third-order valence-electron chi connectivity index (χ3n) is 1.67. The molecule has 1 rings (SSSR count). The van der Waals surface area contributed by atoms with Crippen molar-refractivity contribution in [1.82, 2.24) is 5.32 Å².